The van der Waals surface area contributed by atoms with Crippen LogP contribution < -0.4 is 4.74 Å². The number of rotatable bonds is 3. The fourth-order valence-corrected chi connectivity index (χ4v) is 2.75. The minimum absolute atomic E-state index is 0.144. The molecule has 0 N–H and O–H groups in total. The molecule has 7 heteroatoms. The van der Waals surface area contributed by atoms with E-state index in [0.717, 1.165) is 11.3 Å². The van der Waals surface area contributed by atoms with Gasteiger partial charge in [0.1, 0.15) is 10.6 Å². The predicted octanol–water partition coefficient (Wildman–Crippen LogP) is 4.82. The number of nitrogens with zero attached hydrogens (tertiary/aromatic N) is 1. The quantitative estimate of drug-likeness (QED) is 0.743. The molecule has 3 nitrogen and oxygen atoms in total. The Labute approximate surface area is 119 Å². The van der Waals surface area contributed by atoms with Crippen LogP contribution in [-0.4, -0.2) is 11.3 Å². The highest BCUT2D eigenvalue weighted by Gasteiger charge is 2.11. The Morgan fingerprint density at radius 1 is 1.41 bits per heavy atom. The normalized spacial score (nSPS) is 10.3. The summed E-state index contributed by atoms with van der Waals surface area (Å²) in [4.78, 5) is 14.9. The first-order valence-corrected chi connectivity index (χ1v) is 6.71. The number of carbonyl (C=O) groups is 1. The third-order valence-electron chi connectivity index (χ3n) is 1.79. The fourth-order valence-electron chi connectivity index (χ4n) is 1.06. The summed E-state index contributed by atoms with van der Waals surface area (Å²) in [6, 6.07) is 5.09. The van der Waals surface area contributed by atoms with Crippen molar-refractivity contribution in [1.82, 2.24) is 4.98 Å². The van der Waals surface area contributed by atoms with E-state index in [1.165, 1.54) is 0 Å². The molecule has 1 heterocycles. The second kappa shape index (κ2) is 5.35. The Bertz CT molecular complexity index is 573. The van der Waals surface area contributed by atoms with Crippen LogP contribution in [0.25, 0.3) is 0 Å². The minimum atomic E-state index is 0.144. The van der Waals surface area contributed by atoms with Gasteiger partial charge in [-0.05, 0) is 34.1 Å². The van der Waals surface area contributed by atoms with Crippen LogP contribution in [0.3, 0.4) is 0 Å². The number of hydrogen-bond donors (Lipinski definition) is 0. The van der Waals surface area contributed by atoms with Gasteiger partial charge in [0.25, 0.3) is 5.19 Å². The molecule has 2 rings (SSSR count). The number of carbonyl (C=O) groups excluding carboxylic acids is 1. The van der Waals surface area contributed by atoms with Gasteiger partial charge in [-0.15, -0.1) is 0 Å². The van der Waals surface area contributed by atoms with Crippen LogP contribution >= 0.6 is 50.5 Å². The molecule has 0 bridgehead atoms. The maximum atomic E-state index is 10.6. The Hall–Kier alpha value is -0.620. The van der Waals surface area contributed by atoms with Crippen LogP contribution in [-0.2, 0) is 0 Å². The molecule has 0 spiro atoms. The molecule has 0 aliphatic heterocycles. The zero-order valence-corrected chi connectivity index (χ0v) is 12.0. The Kier molecular flexibility index (Phi) is 4.04. The molecule has 0 saturated carbocycles. The van der Waals surface area contributed by atoms with Crippen LogP contribution in [0.15, 0.2) is 22.7 Å². The third kappa shape index (κ3) is 2.98. The number of thiazole rings is 1. The van der Waals surface area contributed by atoms with Crippen molar-refractivity contribution in [2.75, 3.05) is 0 Å². The summed E-state index contributed by atoms with van der Waals surface area (Å²) >= 11 is 15.9. The van der Waals surface area contributed by atoms with E-state index in [4.69, 9.17) is 27.9 Å². The second-order valence-electron chi connectivity index (χ2n) is 2.93. The number of ether oxygens (including phenoxy) is 1. The average Bonchev–Trinajstić information content (AvgIpc) is 2.63. The molecule has 0 amide bonds. The average molecular weight is 353 g/mol. The Balaban J connectivity index is 2.28. The van der Waals surface area contributed by atoms with Crippen LogP contribution in [0.4, 0.5) is 0 Å². The van der Waals surface area contributed by atoms with Gasteiger partial charge in [0.05, 0.1) is 4.47 Å². The van der Waals surface area contributed by atoms with Gasteiger partial charge in [-0.25, -0.2) is 0 Å². The molecule has 1 aromatic carbocycles. The molecule has 0 aliphatic carbocycles. The van der Waals surface area contributed by atoms with Crippen molar-refractivity contribution < 1.29 is 9.53 Å². The highest BCUT2D eigenvalue weighted by atomic mass is 79.9. The van der Waals surface area contributed by atoms with Gasteiger partial charge in [-0.3, -0.25) is 4.79 Å². The van der Waals surface area contributed by atoms with Gasteiger partial charge >= 0.3 is 0 Å². The van der Waals surface area contributed by atoms with E-state index in [1.54, 1.807) is 18.2 Å². The first-order chi connectivity index (χ1) is 8.10. The lowest BCUT2D eigenvalue weighted by atomic mass is 10.3. The number of benzene rings is 1. The largest absolute Gasteiger partial charge is 0.430 e. The molecule has 17 heavy (non-hydrogen) atoms. The topological polar surface area (TPSA) is 39.2 Å². The molecule has 0 radical (unpaired) electrons. The molecule has 0 fully saturated rings. The minimum Gasteiger partial charge on any atom is -0.430 e. The van der Waals surface area contributed by atoms with E-state index in [9.17, 15) is 4.79 Å². The summed E-state index contributed by atoms with van der Waals surface area (Å²) in [5.41, 5.74) is 0. The summed E-state index contributed by atoms with van der Waals surface area (Å²) in [6.07, 6.45) is 0.643. The smallest absolute Gasteiger partial charge is 0.280 e. The van der Waals surface area contributed by atoms with E-state index < -0.39 is 0 Å². The number of aromatic nitrogens is 1. The maximum Gasteiger partial charge on any atom is 0.280 e. The Morgan fingerprint density at radius 2 is 2.18 bits per heavy atom. The molecule has 0 atom stereocenters. The van der Waals surface area contributed by atoms with Crippen molar-refractivity contribution in [3.63, 3.8) is 0 Å². The first kappa shape index (κ1) is 12.8. The predicted molar refractivity (Wildman–Crippen MR) is 71.7 cm³/mol. The van der Waals surface area contributed by atoms with Crippen molar-refractivity contribution in [2.24, 2.45) is 0 Å². The van der Waals surface area contributed by atoms with Crippen LogP contribution in [0.5, 0.6) is 10.9 Å². The molecule has 1 aromatic heterocycles. The fraction of sp³-hybridized carbons (Fsp3) is 0. The van der Waals surface area contributed by atoms with Crippen molar-refractivity contribution in [3.8, 4) is 10.9 Å². The van der Waals surface area contributed by atoms with Gasteiger partial charge in [0.15, 0.2) is 11.4 Å². The molecule has 0 saturated heterocycles. The van der Waals surface area contributed by atoms with Crippen molar-refractivity contribution in [1.29, 1.82) is 0 Å². The van der Waals surface area contributed by atoms with E-state index in [2.05, 4.69) is 20.9 Å². The standard InChI is InChI=1S/C10H4BrCl2NO2S/c11-6-3-5(12)1-2-7(6)16-10-14-9(13)8(4-15)17-10/h1-4H. The summed E-state index contributed by atoms with van der Waals surface area (Å²) < 4.78 is 6.18. The van der Waals surface area contributed by atoms with E-state index in [1.807, 2.05) is 0 Å². The van der Waals surface area contributed by atoms with E-state index in [-0.39, 0.29) is 5.15 Å². The summed E-state index contributed by atoms with van der Waals surface area (Å²) in [5.74, 6) is 0.553. The van der Waals surface area contributed by atoms with Gasteiger partial charge in [0, 0.05) is 5.02 Å². The lowest BCUT2D eigenvalue weighted by molar-refractivity contribution is 0.112. The highest BCUT2D eigenvalue weighted by molar-refractivity contribution is 9.10. The Morgan fingerprint density at radius 3 is 2.76 bits per heavy atom. The number of aldehydes is 1. The SMILES string of the molecule is O=Cc1sc(Oc2ccc(Cl)cc2Br)nc1Cl. The summed E-state index contributed by atoms with van der Waals surface area (Å²) in [5, 5.41) is 1.04. The van der Waals surface area contributed by atoms with E-state index in [0.29, 0.717) is 31.6 Å². The molecule has 0 aliphatic rings. The van der Waals surface area contributed by atoms with Crippen molar-refractivity contribution in [3.05, 3.63) is 37.7 Å². The molecule has 88 valence electrons. The zero-order chi connectivity index (χ0) is 12.4. The summed E-state index contributed by atoms with van der Waals surface area (Å²) in [6.45, 7) is 0. The number of halogens is 3. The zero-order valence-electron chi connectivity index (χ0n) is 8.12. The summed E-state index contributed by atoms with van der Waals surface area (Å²) in [7, 11) is 0. The molecular formula is C10H4BrCl2NO2S. The van der Waals surface area contributed by atoms with E-state index >= 15 is 0 Å². The first-order valence-electron chi connectivity index (χ1n) is 4.34. The molecule has 2 aromatic rings. The van der Waals surface area contributed by atoms with Crippen LogP contribution in [0.1, 0.15) is 9.67 Å². The number of hydrogen-bond acceptors (Lipinski definition) is 4. The second-order valence-corrected chi connectivity index (χ2v) is 5.57. The van der Waals surface area contributed by atoms with Gasteiger partial charge in [-0.2, -0.15) is 4.98 Å². The lowest BCUT2D eigenvalue weighted by Crippen LogP contribution is -1.84. The lowest BCUT2D eigenvalue weighted by Gasteiger charge is -2.03. The monoisotopic (exact) mass is 351 g/mol. The maximum absolute atomic E-state index is 10.6. The molecule has 0 unspecified atom stereocenters. The van der Waals surface area contributed by atoms with Crippen molar-refractivity contribution >= 4 is 56.8 Å². The van der Waals surface area contributed by atoms with Gasteiger partial charge in [-0.1, -0.05) is 34.5 Å². The highest BCUT2D eigenvalue weighted by Crippen LogP contribution is 2.35. The van der Waals surface area contributed by atoms with Crippen molar-refractivity contribution in [2.45, 2.75) is 0 Å². The molecular weight excluding hydrogens is 349 g/mol. The van der Waals surface area contributed by atoms with Crippen LogP contribution in [0.2, 0.25) is 10.2 Å². The van der Waals surface area contributed by atoms with Gasteiger partial charge in [0.2, 0.25) is 0 Å². The third-order valence-corrected chi connectivity index (χ3v) is 3.90. The van der Waals surface area contributed by atoms with Crippen LogP contribution in [0, 0.1) is 0 Å². The van der Waals surface area contributed by atoms with Gasteiger partial charge < -0.3 is 4.74 Å².